The molecule has 4 aromatic rings. The number of anilines is 1. The van der Waals surface area contributed by atoms with E-state index in [0.717, 1.165) is 10.3 Å². The molecule has 0 aliphatic rings. The normalized spacial score (nSPS) is 11.3. The first-order chi connectivity index (χ1) is 14.9. The average Bonchev–Trinajstić information content (AvgIpc) is 3.17. The number of azo groups is 1. The van der Waals surface area contributed by atoms with E-state index in [2.05, 4.69) is 20.5 Å². The Hall–Kier alpha value is -4.34. The third-order valence-electron chi connectivity index (χ3n) is 4.69. The van der Waals surface area contributed by atoms with Crippen molar-refractivity contribution in [3.05, 3.63) is 81.8 Å². The Kier molecular flexibility index (Phi) is 5.27. The number of aromatic nitrogens is 4. The highest BCUT2D eigenvalue weighted by Crippen LogP contribution is 2.20. The van der Waals surface area contributed by atoms with Crippen LogP contribution in [0, 0.1) is 0 Å². The predicted octanol–water partition coefficient (Wildman–Crippen LogP) is 2.49. The monoisotopic (exact) mass is 417 g/mol. The predicted molar refractivity (Wildman–Crippen MR) is 116 cm³/mol. The Morgan fingerprint density at radius 3 is 2.29 bits per heavy atom. The quantitative estimate of drug-likeness (QED) is 0.502. The number of hydrogen-bond acceptors (Lipinski definition) is 6. The molecule has 0 aliphatic carbocycles. The Labute approximate surface area is 176 Å². The van der Waals surface area contributed by atoms with Crippen molar-refractivity contribution in [1.29, 1.82) is 0 Å². The summed E-state index contributed by atoms with van der Waals surface area (Å²) in [4.78, 5) is 41.7. The number of hydrogen-bond donors (Lipinski definition) is 1. The van der Waals surface area contributed by atoms with E-state index < -0.39 is 23.7 Å². The standard InChI is InChI=1S/C21H19N7O3/c1-26-13-22-19-18(26)20(30)28(21(31)27(19)2)12-17(29)23-14-8-10-16(11-9-14)25-24-15-6-4-3-5-7-15/h3-11,13H,12H2,1-2H3,(H,23,29). The maximum absolute atomic E-state index is 12.7. The second-order valence-corrected chi connectivity index (χ2v) is 6.89. The van der Waals surface area contributed by atoms with Gasteiger partial charge in [-0.15, -0.1) is 0 Å². The number of benzene rings is 2. The van der Waals surface area contributed by atoms with Gasteiger partial charge in [-0.2, -0.15) is 10.2 Å². The van der Waals surface area contributed by atoms with Crippen LogP contribution in [0.5, 0.6) is 0 Å². The van der Waals surface area contributed by atoms with Crippen LogP contribution in [0.1, 0.15) is 0 Å². The summed E-state index contributed by atoms with van der Waals surface area (Å²) in [6.07, 6.45) is 1.45. The number of amides is 1. The number of nitrogens with zero attached hydrogens (tertiary/aromatic N) is 6. The third kappa shape index (κ3) is 4.04. The van der Waals surface area contributed by atoms with Gasteiger partial charge in [0.2, 0.25) is 5.91 Å². The molecule has 0 atom stereocenters. The Morgan fingerprint density at radius 1 is 0.968 bits per heavy atom. The van der Waals surface area contributed by atoms with Gasteiger partial charge in [-0.25, -0.2) is 14.3 Å². The molecule has 0 fully saturated rings. The molecule has 1 amide bonds. The van der Waals surface area contributed by atoms with E-state index in [9.17, 15) is 14.4 Å². The molecule has 1 N–H and O–H groups in total. The molecule has 0 saturated heterocycles. The molecule has 0 aliphatic heterocycles. The zero-order valence-electron chi connectivity index (χ0n) is 16.9. The minimum Gasteiger partial charge on any atom is -0.328 e. The first-order valence-corrected chi connectivity index (χ1v) is 9.41. The van der Waals surface area contributed by atoms with Crippen LogP contribution in [0.3, 0.4) is 0 Å². The molecule has 2 aromatic carbocycles. The van der Waals surface area contributed by atoms with Gasteiger partial charge >= 0.3 is 5.69 Å². The highest BCUT2D eigenvalue weighted by Gasteiger charge is 2.17. The average molecular weight is 417 g/mol. The molecule has 0 bridgehead atoms. The number of carbonyl (C=O) groups excluding carboxylic acids is 1. The lowest BCUT2D eigenvalue weighted by molar-refractivity contribution is -0.116. The highest BCUT2D eigenvalue weighted by molar-refractivity contribution is 5.90. The molecule has 0 unspecified atom stereocenters. The fourth-order valence-corrected chi connectivity index (χ4v) is 3.10. The molecule has 0 spiro atoms. The third-order valence-corrected chi connectivity index (χ3v) is 4.69. The maximum Gasteiger partial charge on any atom is 0.332 e. The molecule has 31 heavy (non-hydrogen) atoms. The number of imidazole rings is 1. The van der Waals surface area contributed by atoms with Gasteiger partial charge < -0.3 is 9.88 Å². The number of aryl methyl sites for hydroxylation is 2. The fraction of sp³-hybridized carbons (Fsp3) is 0.143. The molecule has 0 radical (unpaired) electrons. The maximum atomic E-state index is 12.7. The highest BCUT2D eigenvalue weighted by atomic mass is 16.2. The Morgan fingerprint density at radius 2 is 1.61 bits per heavy atom. The van der Waals surface area contributed by atoms with Crippen LogP contribution in [0.4, 0.5) is 17.1 Å². The van der Waals surface area contributed by atoms with Gasteiger partial charge in [0.25, 0.3) is 5.56 Å². The van der Waals surface area contributed by atoms with Crippen LogP contribution in [-0.2, 0) is 25.4 Å². The molecule has 10 nitrogen and oxygen atoms in total. The number of carbonyl (C=O) groups is 1. The Bertz CT molecular complexity index is 1400. The van der Waals surface area contributed by atoms with Crippen molar-refractivity contribution in [3.8, 4) is 0 Å². The van der Waals surface area contributed by atoms with Gasteiger partial charge in [0.1, 0.15) is 6.54 Å². The number of rotatable bonds is 5. The van der Waals surface area contributed by atoms with E-state index in [1.807, 2.05) is 30.3 Å². The summed E-state index contributed by atoms with van der Waals surface area (Å²) in [6, 6.07) is 16.1. The van der Waals surface area contributed by atoms with Crippen LogP contribution in [-0.4, -0.2) is 24.6 Å². The number of nitrogens with one attached hydrogen (secondary N) is 1. The first kappa shape index (κ1) is 20.0. The zero-order chi connectivity index (χ0) is 22.0. The minimum atomic E-state index is -0.608. The van der Waals surface area contributed by atoms with Gasteiger partial charge in [-0.1, -0.05) is 18.2 Å². The van der Waals surface area contributed by atoms with Crippen molar-refractivity contribution in [3.63, 3.8) is 0 Å². The fourth-order valence-electron chi connectivity index (χ4n) is 3.10. The summed E-state index contributed by atoms with van der Waals surface area (Å²) in [5.74, 6) is -0.501. The van der Waals surface area contributed by atoms with Crippen LogP contribution in [0.2, 0.25) is 0 Å². The van der Waals surface area contributed by atoms with Crippen LogP contribution in [0.25, 0.3) is 11.2 Å². The summed E-state index contributed by atoms with van der Waals surface area (Å²) >= 11 is 0. The van der Waals surface area contributed by atoms with E-state index in [4.69, 9.17) is 0 Å². The molecule has 0 saturated carbocycles. The largest absolute Gasteiger partial charge is 0.332 e. The second kappa shape index (κ2) is 8.19. The molecule has 2 aromatic heterocycles. The van der Waals surface area contributed by atoms with E-state index in [-0.39, 0.29) is 11.2 Å². The zero-order valence-corrected chi connectivity index (χ0v) is 16.9. The van der Waals surface area contributed by atoms with E-state index >= 15 is 0 Å². The van der Waals surface area contributed by atoms with Gasteiger partial charge in [0.05, 0.1) is 17.7 Å². The minimum absolute atomic E-state index is 0.253. The molecule has 10 heteroatoms. The molecule has 156 valence electrons. The van der Waals surface area contributed by atoms with Crippen LogP contribution < -0.4 is 16.6 Å². The SMILES string of the molecule is Cn1cnc2c1c(=O)n(CC(=O)Nc1ccc(N=Nc3ccccc3)cc1)c(=O)n2C. The molecule has 2 heterocycles. The van der Waals surface area contributed by atoms with Gasteiger partial charge in [-0.3, -0.25) is 14.2 Å². The van der Waals surface area contributed by atoms with E-state index in [1.54, 1.807) is 31.3 Å². The summed E-state index contributed by atoms with van der Waals surface area (Å²) < 4.78 is 3.66. The lowest BCUT2D eigenvalue weighted by Crippen LogP contribution is -2.42. The van der Waals surface area contributed by atoms with Gasteiger partial charge in [0.15, 0.2) is 11.2 Å². The summed E-state index contributed by atoms with van der Waals surface area (Å²) in [5, 5.41) is 11.0. The Balaban J connectivity index is 1.49. The van der Waals surface area contributed by atoms with Crippen LogP contribution in [0.15, 0.2) is 80.7 Å². The van der Waals surface area contributed by atoms with Gasteiger partial charge in [0, 0.05) is 19.8 Å². The lowest BCUT2D eigenvalue weighted by atomic mass is 10.3. The first-order valence-electron chi connectivity index (χ1n) is 9.41. The van der Waals surface area contributed by atoms with Crippen molar-refractivity contribution in [2.75, 3.05) is 5.32 Å². The summed E-state index contributed by atoms with van der Waals surface area (Å²) in [7, 11) is 3.16. The molecular weight excluding hydrogens is 398 g/mol. The van der Waals surface area contributed by atoms with Crippen molar-refractivity contribution in [1.82, 2.24) is 18.7 Å². The topological polar surface area (TPSA) is 116 Å². The van der Waals surface area contributed by atoms with Crippen molar-refractivity contribution >= 4 is 34.1 Å². The molecular formula is C21H19N7O3. The number of fused-ring (bicyclic) bond motifs is 1. The summed E-state index contributed by atoms with van der Waals surface area (Å²) in [6.45, 7) is -0.415. The van der Waals surface area contributed by atoms with E-state index in [1.165, 1.54) is 22.5 Å². The van der Waals surface area contributed by atoms with E-state index in [0.29, 0.717) is 11.4 Å². The van der Waals surface area contributed by atoms with Crippen molar-refractivity contribution in [2.45, 2.75) is 6.54 Å². The van der Waals surface area contributed by atoms with Gasteiger partial charge in [-0.05, 0) is 36.4 Å². The lowest BCUT2D eigenvalue weighted by Gasteiger charge is -2.09. The summed E-state index contributed by atoms with van der Waals surface area (Å²) in [5.41, 5.74) is 1.21. The van der Waals surface area contributed by atoms with Crippen molar-refractivity contribution < 1.29 is 4.79 Å². The molecule has 4 rings (SSSR count). The van der Waals surface area contributed by atoms with Crippen LogP contribution >= 0.6 is 0 Å². The second-order valence-electron chi connectivity index (χ2n) is 6.89. The van der Waals surface area contributed by atoms with Crippen molar-refractivity contribution in [2.24, 2.45) is 24.3 Å². The smallest absolute Gasteiger partial charge is 0.328 e.